The Morgan fingerprint density at radius 2 is 2.07 bits per heavy atom. The number of hydrogen-bond acceptors (Lipinski definition) is 6. The van der Waals surface area contributed by atoms with Gasteiger partial charge in [-0.05, 0) is 31.2 Å². The maximum atomic E-state index is 12.6. The van der Waals surface area contributed by atoms with Crippen LogP contribution in [0.1, 0.15) is 25.2 Å². The fourth-order valence-electron chi connectivity index (χ4n) is 3.37. The van der Waals surface area contributed by atoms with E-state index in [9.17, 15) is 4.79 Å². The van der Waals surface area contributed by atoms with Gasteiger partial charge >= 0.3 is 0 Å². The van der Waals surface area contributed by atoms with E-state index in [2.05, 4.69) is 10.1 Å². The van der Waals surface area contributed by atoms with Gasteiger partial charge in [0.1, 0.15) is 11.5 Å². The van der Waals surface area contributed by atoms with E-state index >= 15 is 0 Å². The average Bonchev–Trinajstić information content (AvgIpc) is 3.35. The fraction of sp³-hybridized carbons (Fsp3) is 0.286. The van der Waals surface area contributed by atoms with Crippen LogP contribution in [0, 0.1) is 0 Å². The number of aromatic nitrogens is 2. The number of hydrogen-bond donors (Lipinski definition) is 0. The number of carbonyl (C=O) groups is 1. The van der Waals surface area contributed by atoms with Crippen molar-refractivity contribution in [1.29, 1.82) is 0 Å². The van der Waals surface area contributed by atoms with Crippen LogP contribution in [0.4, 0.5) is 5.69 Å². The molecule has 0 aliphatic carbocycles. The standard InChI is InChI=1S/C21H21N3O4/c1-3-27-16-8-6-7-14(11-16)20-22-21(28-23-20)15-12-19(25)24(13-15)17-9-4-5-10-18(17)26-2/h4-11,15H,3,12-13H2,1-2H3. The Bertz CT molecular complexity index is 985. The first-order chi connectivity index (χ1) is 13.7. The molecule has 7 nitrogen and oxygen atoms in total. The van der Waals surface area contributed by atoms with Gasteiger partial charge in [0.05, 0.1) is 25.3 Å². The van der Waals surface area contributed by atoms with Gasteiger partial charge < -0.3 is 18.9 Å². The molecule has 2 heterocycles. The van der Waals surface area contributed by atoms with Gasteiger partial charge in [0.25, 0.3) is 0 Å². The van der Waals surface area contributed by atoms with Crippen LogP contribution in [0.25, 0.3) is 11.4 Å². The van der Waals surface area contributed by atoms with Crippen LogP contribution in [0.5, 0.6) is 11.5 Å². The molecule has 1 aliphatic rings. The van der Waals surface area contributed by atoms with E-state index in [0.717, 1.165) is 17.0 Å². The zero-order valence-electron chi connectivity index (χ0n) is 15.8. The molecular formula is C21H21N3O4. The summed E-state index contributed by atoms with van der Waals surface area (Å²) in [6.45, 7) is 2.99. The van der Waals surface area contributed by atoms with Crippen molar-refractivity contribution in [2.24, 2.45) is 0 Å². The minimum absolute atomic E-state index is 0.00703. The van der Waals surface area contributed by atoms with E-state index in [0.29, 0.717) is 37.0 Å². The van der Waals surface area contributed by atoms with E-state index in [-0.39, 0.29) is 11.8 Å². The highest BCUT2D eigenvalue weighted by atomic mass is 16.5. The van der Waals surface area contributed by atoms with Crippen molar-refractivity contribution < 1.29 is 18.8 Å². The van der Waals surface area contributed by atoms with Gasteiger partial charge in [0.2, 0.25) is 17.6 Å². The lowest BCUT2D eigenvalue weighted by molar-refractivity contribution is -0.117. The second-order valence-electron chi connectivity index (χ2n) is 6.49. The van der Waals surface area contributed by atoms with Crippen LogP contribution in [-0.4, -0.2) is 36.3 Å². The van der Waals surface area contributed by atoms with Gasteiger partial charge in [-0.25, -0.2) is 0 Å². The molecule has 1 unspecified atom stereocenters. The van der Waals surface area contributed by atoms with Crippen LogP contribution >= 0.6 is 0 Å². The lowest BCUT2D eigenvalue weighted by Crippen LogP contribution is -2.24. The normalized spacial score (nSPS) is 16.4. The molecule has 3 aromatic rings. The smallest absolute Gasteiger partial charge is 0.232 e. The number of ether oxygens (including phenoxy) is 2. The zero-order valence-corrected chi connectivity index (χ0v) is 15.8. The summed E-state index contributed by atoms with van der Waals surface area (Å²) in [4.78, 5) is 18.8. The fourth-order valence-corrected chi connectivity index (χ4v) is 3.37. The second kappa shape index (κ2) is 7.72. The molecule has 1 fully saturated rings. The molecule has 4 rings (SSSR count). The van der Waals surface area contributed by atoms with Crippen LogP contribution < -0.4 is 14.4 Å². The van der Waals surface area contributed by atoms with Crippen molar-refractivity contribution in [2.75, 3.05) is 25.2 Å². The monoisotopic (exact) mass is 379 g/mol. The third-order valence-corrected chi connectivity index (χ3v) is 4.70. The largest absolute Gasteiger partial charge is 0.495 e. The van der Waals surface area contributed by atoms with E-state index < -0.39 is 0 Å². The maximum absolute atomic E-state index is 12.6. The SMILES string of the molecule is CCOc1cccc(-c2noc(C3CC(=O)N(c4ccccc4OC)C3)n2)c1. The quantitative estimate of drug-likeness (QED) is 0.650. The molecule has 1 aliphatic heterocycles. The van der Waals surface area contributed by atoms with Crippen molar-refractivity contribution in [3.63, 3.8) is 0 Å². The van der Waals surface area contributed by atoms with Crippen molar-refractivity contribution in [3.05, 3.63) is 54.4 Å². The second-order valence-corrected chi connectivity index (χ2v) is 6.49. The number of rotatable bonds is 6. The summed E-state index contributed by atoms with van der Waals surface area (Å²) in [5.74, 6) is 2.21. The first-order valence-corrected chi connectivity index (χ1v) is 9.19. The Morgan fingerprint density at radius 1 is 1.21 bits per heavy atom. The molecule has 0 N–H and O–H groups in total. The summed E-state index contributed by atoms with van der Waals surface area (Å²) in [5, 5.41) is 4.09. The molecule has 0 saturated carbocycles. The molecule has 0 spiro atoms. The van der Waals surface area contributed by atoms with Crippen molar-refractivity contribution in [2.45, 2.75) is 19.3 Å². The minimum atomic E-state index is -0.159. The van der Waals surface area contributed by atoms with Gasteiger partial charge in [-0.1, -0.05) is 29.4 Å². The molecule has 28 heavy (non-hydrogen) atoms. The number of para-hydroxylation sites is 2. The lowest BCUT2D eigenvalue weighted by atomic mass is 10.1. The van der Waals surface area contributed by atoms with Gasteiger partial charge in [-0.15, -0.1) is 0 Å². The predicted molar refractivity (Wildman–Crippen MR) is 104 cm³/mol. The summed E-state index contributed by atoms with van der Waals surface area (Å²) in [6.07, 6.45) is 0.318. The van der Waals surface area contributed by atoms with Crippen molar-refractivity contribution in [3.8, 4) is 22.9 Å². The molecule has 1 atom stereocenters. The lowest BCUT2D eigenvalue weighted by Gasteiger charge is -2.18. The average molecular weight is 379 g/mol. The summed E-state index contributed by atoms with van der Waals surface area (Å²) in [5.41, 5.74) is 1.56. The number of carbonyl (C=O) groups excluding carboxylic acids is 1. The van der Waals surface area contributed by atoms with Gasteiger partial charge in [0, 0.05) is 18.5 Å². The van der Waals surface area contributed by atoms with Crippen molar-refractivity contribution >= 4 is 11.6 Å². The highest BCUT2D eigenvalue weighted by Crippen LogP contribution is 2.36. The number of methoxy groups -OCH3 is 1. The molecule has 2 aromatic carbocycles. The third-order valence-electron chi connectivity index (χ3n) is 4.70. The van der Waals surface area contributed by atoms with E-state index in [4.69, 9.17) is 14.0 Å². The Hall–Kier alpha value is -3.35. The number of nitrogens with zero attached hydrogens (tertiary/aromatic N) is 3. The Balaban J connectivity index is 1.55. The first-order valence-electron chi connectivity index (χ1n) is 9.19. The van der Waals surface area contributed by atoms with Crippen LogP contribution in [-0.2, 0) is 4.79 Å². The molecular weight excluding hydrogens is 358 g/mol. The number of benzene rings is 2. The Labute approximate surface area is 162 Å². The molecule has 0 radical (unpaired) electrons. The minimum Gasteiger partial charge on any atom is -0.495 e. The summed E-state index contributed by atoms with van der Waals surface area (Å²) >= 11 is 0. The zero-order chi connectivity index (χ0) is 19.5. The van der Waals surface area contributed by atoms with Crippen molar-refractivity contribution in [1.82, 2.24) is 10.1 Å². The van der Waals surface area contributed by atoms with Gasteiger partial charge in [0.15, 0.2) is 0 Å². The van der Waals surface area contributed by atoms with Gasteiger partial charge in [-0.3, -0.25) is 4.79 Å². The molecule has 0 bridgehead atoms. The molecule has 1 amide bonds. The molecule has 144 valence electrons. The van der Waals surface area contributed by atoms with E-state index in [1.165, 1.54) is 0 Å². The van der Waals surface area contributed by atoms with Crippen LogP contribution in [0.15, 0.2) is 53.1 Å². The predicted octanol–water partition coefficient (Wildman–Crippen LogP) is 3.66. The maximum Gasteiger partial charge on any atom is 0.232 e. The number of amides is 1. The molecule has 7 heteroatoms. The van der Waals surface area contributed by atoms with E-state index in [1.807, 2.05) is 55.5 Å². The van der Waals surface area contributed by atoms with Crippen LogP contribution in [0.2, 0.25) is 0 Å². The first kappa shape index (κ1) is 18.0. The topological polar surface area (TPSA) is 77.7 Å². The van der Waals surface area contributed by atoms with E-state index in [1.54, 1.807) is 12.0 Å². The summed E-state index contributed by atoms with van der Waals surface area (Å²) < 4.78 is 16.4. The van der Waals surface area contributed by atoms with Gasteiger partial charge in [-0.2, -0.15) is 4.98 Å². The number of anilines is 1. The Morgan fingerprint density at radius 3 is 2.89 bits per heavy atom. The highest BCUT2D eigenvalue weighted by molar-refractivity contribution is 5.97. The third kappa shape index (κ3) is 3.43. The highest BCUT2D eigenvalue weighted by Gasteiger charge is 2.36. The summed E-state index contributed by atoms with van der Waals surface area (Å²) in [6, 6.07) is 15.0. The summed E-state index contributed by atoms with van der Waals surface area (Å²) in [7, 11) is 1.59. The van der Waals surface area contributed by atoms with Crippen LogP contribution in [0.3, 0.4) is 0 Å². The Kier molecular flexibility index (Phi) is 4.97. The molecule has 1 aromatic heterocycles. The molecule has 1 saturated heterocycles.